The van der Waals surface area contributed by atoms with Crippen molar-refractivity contribution in [2.75, 3.05) is 50.0 Å². The summed E-state index contributed by atoms with van der Waals surface area (Å²) < 4.78 is 0. The number of piperazine rings is 1. The highest BCUT2D eigenvalue weighted by atomic mass is 32.1. The molecule has 21 heavy (non-hydrogen) atoms. The van der Waals surface area contributed by atoms with Gasteiger partial charge in [0, 0.05) is 44.7 Å². The van der Waals surface area contributed by atoms with Crippen LogP contribution >= 0.6 is 11.3 Å². The number of aromatic nitrogens is 1. The Kier molecular flexibility index (Phi) is 5.02. The van der Waals surface area contributed by atoms with Gasteiger partial charge in [0.1, 0.15) is 10.7 Å². The Hall–Kier alpha value is -1.38. The molecule has 1 amide bonds. The van der Waals surface area contributed by atoms with Crippen molar-refractivity contribution in [3.63, 3.8) is 0 Å². The number of thiazole rings is 1. The summed E-state index contributed by atoms with van der Waals surface area (Å²) in [7, 11) is 0. The molecule has 0 atom stereocenters. The van der Waals surface area contributed by atoms with Gasteiger partial charge in [0.2, 0.25) is 0 Å². The van der Waals surface area contributed by atoms with E-state index in [1.54, 1.807) is 0 Å². The number of aliphatic hydroxyl groups is 1. The van der Waals surface area contributed by atoms with Gasteiger partial charge in [0.25, 0.3) is 5.91 Å². The number of aliphatic hydroxyl groups excluding tert-OH is 1. The van der Waals surface area contributed by atoms with Crippen molar-refractivity contribution >= 4 is 28.2 Å². The van der Waals surface area contributed by atoms with Crippen LogP contribution < -0.4 is 21.3 Å². The van der Waals surface area contributed by atoms with E-state index >= 15 is 0 Å². The van der Waals surface area contributed by atoms with Gasteiger partial charge < -0.3 is 26.4 Å². The molecule has 0 aliphatic carbocycles. The molecular formula is C13H23N5O2S. The molecule has 118 valence electrons. The van der Waals surface area contributed by atoms with Crippen molar-refractivity contribution in [3.05, 3.63) is 4.88 Å². The van der Waals surface area contributed by atoms with Crippen molar-refractivity contribution in [2.45, 2.75) is 13.8 Å². The maximum Gasteiger partial charge on any atom is 0.265 e. The second kappa shape index (κ2) is 6.59. The lowest BCUT2D eigenvalue weighted by Crippen LogP contribution is -2.43. The lowest BCUT2D eigenvalue weighted by Gasteiger charge is -2.26. The molecule has 0 bridgehead atoms. The van der Waals surface area contributed by atoms with Gasteiger partial charge >= 0.3 is 0 Å². The Labute approximate surface area is 128 Å². The van der Waals surface area contributed by atoms with Crippen LogP contribution in [0.4, 0.5) is 10.9 Å². The monoisotopic (exact) mass is 313 g/mol. The van der Waals surface area contributed by atoms with Crippen molar-refractivity contribution in [2.24, 2.45) is 5.41 Å². The van der Waals surface area contributed by atoms with Crippen molar-refractivity contribution in [1.82, 2.24) is 15.6 Å². The molecule has 2 heterocycles. The highest BCUT2D eigenvalue weighted by molar-refractivity contribution is 7.18. The van der Waals surface area contributed by atoms with Crippen molar-refractivity contribution in [1.29, 1.82) is 0 Å². The Balaban J connectivity index is 2.02. The number of nitrogens with one attached hydrogen (secondary N) is 2. The minimum Gasteiger partial charge on any atom is -0.396 e. The zero-order chi connectivity index (χ0) is 15.5. The molecule has 0 aromatic carbocycles. The summed E-state index contributed by atoms with van der Waals surface area (Å²) in [5.41, 5.74) is 5.52. The van der Waals surface area contributed by atoms with E-state index in [0.717, 1.165) is 31.3 Å². The standard InChI is InChI=1S/C13H23N5O2S/c1-13(2,8-19)7-16-11(20)9-10(14)17-12(21-9)18-5-3-15-4-6-18/h15,19H,3-8,14H2,1-2H3,(H,16,20). The molecule has 1 aromatic heterocycles. The number of nitrogens with two attached hydrogens (primary N) is 1. The highest BCUT2D eigenvalue weighted by Gasteiger charge is 2.23. The SMILES string of the molecule is CC(C)(CO)CNC(=O)c1sc(N2CCNCC2)nc1N. The fourth-order valence-corrected chi connectivity index (χ4v) is 2.88. The molecular weight excluding hydrogens is 290 g/mol. The quantitative estimate of drug-likeness (QED) is 0.604. The normalized spacial score (nSPS) is 16.0. The number of nitrogen functional groups attached to an aromatic ring is 1. The molecule has 8 heteroatoms. The van der Waals surface area contributed by atoms with Gasteiger partial charge in [0.05, 0.1) is 0 Å². The highest BCUT2D eigenvalue weighted by Crippen LogP contribution is 2.28. The second-order valence-electron chi connectivity index (χ2n) is 5.95. The molecule has 0 spiro atoms. The number of carbonyl (C=O) groups is 1. The molecule has 1 saturated heterocycles. The Morgan fingerprint density at radius 2 is 2.19 bits per heavy atom. The van der Waals surface area contributed by atoms with Crippen LogP contribution in [-0.4, -0.2) is 55.3 Å². The number of anilines is 2. The van der Waals surface area contributed by atoms with Crippen LogP contribution in [0.1, 0.15) is 23.5 Å². The van der Waals surface area contributed by atoms with Crippen LogP contribution in [0.5, 0.6) is 0 Å². The first kappa shape index (κ1) is 16.0. The largest absolute Gasteiger partial charge is 0.396 e. The van der Waals surface area contributed by atoms with Gasteiger partial charge in [0.15, 0.2) is 5.13 Å². The van der Waals surface area contributed by atoms with E-state index in [0.29, 0.717) is 11.4 Å². The Bertz CT molecular complexity index is 497. The van der Waals surface area contributed by atoms with Crippen LogP contribution in [0.25, 0.3) is 0 Å². The average Bonchev–Trinajstić information content (AvgIpc) is 2.88. The minimum absolute atomic E-state index is 0.0114. The Morgan fingerprint density at radius 3 is 2.81 bits per heavy atom. The van der Waals surface area contributed by atoms with Crippen molar-refractivity contribution in [3.8, 4) is 0 Å². The maximum atomic E-state index is 12.2. The smallest absolute Gasteiger partial charge is 0.265 e. The molecule has 1 aromatic rings. The van der Waals surface area contributed by atoms with Gasteiger partial charge in [-0.15, -0.1) is 0 Å². The van der Waals surface area contributed by atoms with Gasteiger partial charge in [-0.3, -0.25) is 4.79 Å². The van der Waals surface area contributed by atoms with Crippen LogP contribution in [0.15, 0.2) is 0 Å². The van der Waals surface area contributed by atoms with Crippen molar-refractivity contribution < 1.29 is 9.90 Å². The molecule has 7 nitrogen and oxygen atoms in total. The maximum absolute atomic E-state index is 12.2. The first-order chi connectivity index (χ1) is 9.93. The first-order valence-electron chi connectivity index (χ1n) is 7.04. The fraction of sp³-hybridized carbons (Fsp3) is 0.692. The van der Waals surface area contributed by atoms with E-state index in [9.17, 15) is 9.90 Å². The summed E-state index contributed by atoms with van der Waals surface area (Å²) in [6.07, 6.45) is 0. The molecule has 5 N–H and O–H groups in total. The van der Waals surface area contributed by atoms with Gasteiger partial charge in [-0.05, 0) is 0 Å². The molecule has 1 aliphatic heterocycles. The number of nitrogens with zero attached hydrogens (tertiary/aromatic N) is 2. The topological polar surface area (TPSA) is 104 Å². The Morgan fingerprint density at radius 1 is 1.52 bits per heavy atom. The third kappa shape index (κ3) is 4.05. The average molecular weight is 313 g/mol. The van der Waals surface area contributed by atoms with E-state index in [4.69, 9.17) is 5.73 Å². The van der Waals surface area contributed by atoms with Gasteiger partial charge in [-0.1, -0.05) is 25.2 Å². The van der Waals surface area contributed by atoms with Gasteiger partial charge in [-0.2, -0.15) is 0 Å². The summed E-state index contributed by atoms with van der Waals surface area (Å²) in [5, 5.41) is 16.1. The number of carbonyl (C=O) groups excluding carboxylic acids is 1. The second-order valence-corrected chi connectivity index (χ2v) is 6.93. The van der Waals surface area contributed by atoms with E-state index in [-0.39, 0.29) is 23.7 Å². The molecule has 0 unspecified atom stereocenters. The van der Waals surface area contributed by atoms with Gasteiger partial charge in [-0.25, -0.2) is 4.98 Å². The van der Waals surface area contributed by atoms with E-state index < -0.39 is 0 Å². The molecule has 0 saturated carbocycles. The van der Waals surface area contributed by atoms with Crippen LogP contribution in [0, 0.1) is 5.41 Å². The predicted molar refractivity (Wildman–Crippen MR) is 84.8 cm³/mol. The van der Waals surface area contributed by atoms with Crippen LogP contribution in [0.2, 0.25) is 0 Å². The molecule has 0 radical (unpaired) electrons. The minimum atomic E-state index is -0.351. The number of rotatable bonds is 5. The zero-order valence-electron chi connectivity index (χ0n) is 12.5. The summed E-state index contributed by atoms with van der Waals surface area (Å²) in [5.74, 6) is 0.0424. The number of amides is 1. The van der Waals surface area contributed by atoms with Crippen LogP contribution in [-0.2, 0) is 0 Å². The third-order valence-electron chi connectivity index (χ3n) is 3.39. The lowest BCUT2D eigenvalue weighted by atomic mass is 9.95. The van der Waals surface area contributed by atoms with E-state index in [2.05, 4.69) is 20.5 Å². The summed E-state index contributed by atoms with van der Waals surface area (Å²) in [4.78, 5) is 19.1. The summed E-state index contributed by atoms with van der Waals surface area (Å²) >= 11 is 1.32. The molecule has 1 fully saturated rings. The zero-order valence-corrected chi connectivity index (χ0v) is 13.3. The molecule has 1 aliphatic rings. The van der Waals surface area contributed by atoms with E-state index in [1.165, 1.54) is 11.3 Å². The number of hydrogen-bond donors (Lipinski definition) is 4. The third-order valence-corrected chi connectivity index (χ3v) is 4.52. The van der Waals surface area contributed by atoms with Crippen LogP contribution in [0.3, 0.4) is 0 Å². The fourth-order valence-electron chi connectivity index (χ4n) is 1.93. The lowest BCUT2D eigenvalue weighted by molar-refractivity contribution is 0.0915. The first-order valence-corrected chi connectivity index (χ1v) is 7.85. The summed E-state index contributed by atoms with van der Waals surface area (Å²) in [6.45, 7) is 7.72. The van der Waals surface area contributed by atoms with E-state index in [1.807, 2.05) is 13.8 Å². The summed E-state index contributed by atoms with van der Waals surface area (Å²) in [6, 6.07) is 0. The molecule has 2 rings (SSSR count). The number of hydrogen-bond acceptors (Lipinski definition) is 7. The predicted octanol–water partition coefficient (Wildman–Crippen LogP) is -0.117.